The number of nitrogens with zero attached hydrogens (tertiary/aromatic N) is 2. The molecule has 1 aromatic heterocycles. The van der Waals surface area contributed by atoms with Crippen molar-refractivity contribution in [3.05, 3.63) is 76.7 Å². The van der Waals surface area contributed by atoms with Crippen molar-refractivity contribution >= 4 is 29.9 Å². The maximum absolute atomic E-state index is 6.10. The molecule has 0 spiro atoms. The van der Waals surface area contributed by atoms with E-state index in [1.165, 1.54) is 0 Å². The molecule has 0 aliphatic rings. The third-order valence-electron chi connectivity index (χ3n) is 4.71. The number of halogens is 1. The molecule has 0 saturated heterocycles. The molecule has 30 heavy (non-hydrogen) atoms. The summed E-state index contributed by atoms with van der Waals surface area (Å²) >= 11 is 0. The lowest BCUT2D eigenvalue weighted by molar-refractivity contribution is 0.392. The van der Waals surface area contributed by atoms with E-state index in [1.54, 1.807) is 7.05 Å². The summed E-state index contributed by atoms with van der Waals surface area (Å²) in [6.07, 6.45) is 0.828. The zero-order valence-electron chi connectivity index (χ0n) is 17.9. The van der Waals surface area contributed by atoms with Crippen LogP contribution in [0.5, 0.6) is 11.5 Å². The van der Waals surface area contributed by atoms with Gasteiger partial charge in [0.05, 0.1) is 5.69 Å². The van der Waals surface area contributed by atoms with Gasteiger partial charge < -0.3 is 19.9 Å². The standard InChI is InChI=1S/C23H28N4O2.HI/c1-16-10-11-19(22(14-16)28-20-8-6-5-7-9-20)15-26-23(24-4)25-13-12-21-17(2)27-29-18(21)3;/h5-11,14H,12-13,15H2,1-4H3,(H2,24,25,26);1H. The number of nitrogens with one attached hydrogen (secondary N) is 2. The summed E-state index contributed by atoms with van der Waals surface area (Å²) in [5.74, 6) is 3.27. The number of benzene rings is 2. The maximum atomic E-state index is 6.10. The lowest BCUT2D eigenvalue weighted by Crippen LogP contribution is -2.38. The van der Waals surface area contributed by atoms with E-state index in [-0.39, 0.29) is 24.0 Å². The third kappa shape index (κ3) is 6.48. The highest BCUT2D eigenvalue weighted by Gasteiger charge is 2.10. The number of guanidine groups is 1. The van der Waals surface area contributed by atoms with Crippen LogP contribution in [0.4, 0.5) is 0 Å². The van der Waals surface area contributed by atoms with Gasteiger partial charge >= 0.3 is 0 Å². The van der Waals surface area contributed by atoms with Gasteiger partial charge in [0.1, 0.15) is 17.3 Å². The Hall–Kier alpha value is -2.55. The molecule has 0 aliphatic carbocycles. The molecule has 0 fully saturated rings. The Morgan fingerprint density at radius 1 is 1.07 bits per heavy atom. The van der Waals surface area contributed by atoms with E-state index in [1.807, 2.05) is 44.2 Å². The Labute approximate surface area is 195 Å². The summed E-state index contributed by atoms with van der Waals surface area (Å²) < 4.78 is 11.3. The van der Waals surface area contributed by atoms with Crippen LogP contribution in [0, 0.1) is 20.8 Å². The van der Waals surface area contributed by atoms with Crippen molar-refractivity contribution in [2.45, 2.75) is 33.7 Å². The zero-order valence-corrected chi connectivity index (χ0v) is 20.2. The molecule has 0 saturated carbocycles. The van der Waals surface area contributed by atoms with Gasteiger partial charge in [-0.3, -0.25) is 4.99 Å². The number of aliphatic imine (C=N–C) groups is 1. The Kier molecular flexibility index (Phi) is 9.16. The van der Waals surface area contributed by atoms with Crippen LogP contribution >= 0.6 is 24.0 Å². The monoisotopic (exact) mass is 520 g/mol. The van der Waals surface area contributed by atoms with Gasteiger partial charge in [0.25, 0.3) is 0 Å². The maximum Gasteiger partial charge on any atom is 0.191 e. The fourth-order valence-corrected chi connectivity index (χ4v) is 3.08. The van der Waals surface area contributed by atoms with Crippen LogP contribution in [0.1, 0.15) is 28.1 Å². The van der Waals surface area contributed by atoms with Gasteiger partial charge in [-0.15, -0.1) is 24.0 Å². The van der Waals surface area contributed by atoms with Crippen LogP contribution in [0.15, 0.2) is 58.0 Å². The first kappa shape index (κ1) is 23.7. The van der Waals surface area contributed by atoms with Crippen molar-refractivity contribution in [2.24, 2.45) is 4.99 Å². The fourth-order valence-electron chi connectivity index (χ4n) is 3.08. The second-order valence-corrected chi connectivity index (χ2v) is 6.93. The van der Waals surface area contributed by atoms with E-state index in [9.17, 15) is 0 Å². The first-order valence-electron chi connectivity index (χ1n) is 9.75. The number of hydrogen-bond donors (Lipinski definition) is 2. The molecular formula is C23H29IN4O2. The van der Waals surface area contributed by atoms with Crippen LogP contribution in [-0.2, 0) is 13.0 Å². The Balaban J connectivity index is 0.00000320. The van der Waals surface area contributed by atoms with Crippen molar-refractivity contribution in [2.75, 3.05) is 13.6 Å². The number of rotatable bonds is 7. The third-order valence-corrected chi connectivity index (χ3v) is 4.71. The Bertz CT molecular complexity index is 951. The first-order chi connectivity index (χ1) is 14.1. The van der Waals surface area contributed by atoms with E-state index < -0.39 is 0 Å². The molecule has 160 valence electrons. The molecule has 0 atom stereocenters. The van der Waals surface area contributed by atoms with Gasteiger partial charge in [-0.25, -0.2) is 0 Å². The van der Waals surface area contributed by atoms with Gasteiger partial charge in [-0.2, -0.15) is 0 Å². The highest BCUT2D eigenvalue weighted by Crippen LogP contribution is 2.26. The average molecular weight is 520 g/mol. The van der Waals surface area contributed by atoms with Crippen LogP contribution in [-0.4, -0.2) is 24.7 Å². The van der Waals surface area contributed by atoms with Crippen LogP contribution in [0.25, 0.3) is 0 Å². The minimum atomic E-state index is 0. The number of ether oxygens (including phenoxy) is 1. The lowest BCUT2D eigenvalue weighted by atomic mass is 10.1. The molecule has 6 nitrogen and oxygen atoms in total. The SMILES string of the molecule is CN=C(NCCc1c(C)noc1C)NCc1ccc(C)cc1Oc1ccccc1.I. The fraction of sp³-hybridized carbons (Fsp3) is 0.304. The second kappa shape index (κ2) is 11.6. The molecule has 7 heteroatoms. The van der Waals surface area contributed by atoms with Crippen LogP contribution < -0.4 is 15.4 Å². The molecule has 2 N–H and O–H groups in total. The molecule has 2 aromatic carbocycles. The molecule has 3 aromatic rings. The van der Waals surface area contributed by atoms with Gasteiger partial charge in [0, 0.05) is 31.3 Å². The second-order valence-electron chi connectivity index (χ2n) is 6.93. The average Bonchev–Trinajstić information content (AvgIpc) is 3.04. The summed E-state index contributed by atoms with van der Waals surface area (Å²) in [7, 11) is 1.77. The smallest absolute Gasteiger partial charge is 0.191 e. The van der Waals surface area contributed by atoms with Gasteiger partial charge in [0.15, 0.2) is 5.96 Å². The molecule has 0 radical (unpaired) electrons. The molecule has 1 heterocycles. The molecular weight excluding hydrogens is 491 g/mol. The van der Waals surface area contributed by atoms with Gasteiger partial charge in [-0.1, -0.05) is 35.5 Å². The summed E-state index contributed by atoms with van der Waals surface area (Å²) in [5, 5.41) is 10.7. The number of para-hydroxylation sites is 1. The normalized spacial score (nSPS) is 11.0. The van der Waals surface area contributed by atoms with E-state index in [0.29, 0.717) is 6.54 Å². The Morgan fingerprint density at radius 2 is 1.83 bits per heavy atom. The van der Waals surface area contributed by atoms with Crippen molar-refractivity contribution in [1.29, 1.82) is 0 Å². The van der Waals surface area contributed by atoms with Crippen molar-refractivity contribution in [3.63, 3.8) is 0 Å². The van der Waals surface area contributed by atoms with Crippen LogP contribution in [0.3, 0.4) is 0 Å². The Morgan fingerprint density at radius 3 is 2.50 bits per heavy atom. The molecule has 0 bridgehead atoms. The number of aromatic nitrogens is 1. The highest BCUT2D eigenvalue weighted by molar-refractivity contribution is 14.0. The summed E-state index contributed by atoms with van der Waals surface area (Å²) in [6, 6.07) is 16.0. The summed E-state index contributed by atoms with van der Waals surface area (Å²) in [6.45, 7) is 7.31. The molecule has 0 unspecified atom stereocenters. The van der Waals surface area contributed by atoms with Crippen molar-refractivity contribution < 1.29 is 9.26 Å². The number of hydrogen-bond acceptors (Lipinski definition) is 4. The molecule has 0 amide bonds. The van der Waals surface area contributed by atoms with Crippen molar-refractivity contribution in [1.82, 2.24) is 15.8 Å². The van der Waals surface area contributed by atoms with E-state index >= 15 is 0 Å². The zero-order chi connectivity index (χ0) is 20.6. The minimum Gasteiger partial charge on any atom is -0.457 e. The van der Waals surface area contributed by atoms with E-state index in [4.69, 9.17) is 9.26 Å². The topological polar surface area (TPSA) is 71.7 Å². The molecule has 0 aliphatic heterocycles. The van der Waals surface area contributed by atoms with Gasteiger partial charge in [-0.05, 0) is 51.0 Å². The lowest BCUT2D eigenvalue weighted by Gasteiger charge is -2.15. The largest absolute Gasteiger partial charge is 0.457 e. The predicted octanol–water partition coefficient (Wildman–Crippen LogP) is 4.92. The van der Waals surface area contributed by atoms with Crippen molar-refractivity contribution in [3.8, 4) is 11.5 Å². The quantitative estimate of drug-likeness (QED) is 0.263. The van der Waals surface area contributed by atoms with Crippen LogP contribution in [0.2, 0.25) is 0 Å². The summed E-state index contributed by atoms with van der Waals surface area (Å²) in [5.41, 5.74) is 4.30. The van der Waals surface area contributed by atoms with Gasteiger partial charge in [0.2, 0.25) is 0 Å². The first-order valence-corrected chi connectivity index (χ1v) is 9.75. The van der Waals surface area contributed by atoms with E-state index in [2.05, 4.69) is 45.9 Å². The predicted molar refractivity (Wildman–Crippen MR) is 131 cm³/mol. The van der Waals surface area contributed by atoms with E-state index in [0.717, 1.165) is 58.6 Å². The molecule has 3 rings (SSSR count). The summed E-state index contributed by atoms with van der Waals surface area (Å²) in [4.78, 5) is 4.31. The number of aryl methyl sites for hydroxylation is 3. The minimum absolute atomic E-state index is 0. The highest BCUT2D eigenvalue weighted by atomic mass is 127.